The molecule has 1 fully saturated rings. The van der Waals surface area contributed by atoms with E-state index >= 15 is 0 Å². The van der Waals surface area contributed by atoms with E-state index in [1.54, 1.807) is 0 Å². The van der Waals surface area contributed by atoms with Crippen LogP contribution in [0, 0.1) is 0 Å². The fourth-order valence-electron chi connectivity index (χ4n) is 2.44. The monoisotopic (exact) mass is 337 g/mol. The Kier molecular flexibility index (Phi) is 3.60. The summed E-state index contributed by atoms with van der Waals surface area (Å²) in [6.07, 6.45) is -2.80. The summed E-state index contributed by atoms with van der Waals surface area (Å²) in [6, 6.07) is 2.00. The molecule has 1 saturated carbocycles. The first-order chi connectivity index (χ1) is 8.72. The molecule has 0 radical (unpaired) electrons. The highest BCUT2D eigenvalue weighted by atomic mass is 79.9. The number of rotatable bonds is 3. The highest BCUT2D eigenvalue weighted by Crippen LogP contribution is 2.55. The first-order valence-electron chi connectivity index (χ1n) is 5.93. The number of hydrogen-bond acceptors (Lipinski definition) is 2. The largest absolute Gasteiger partial charge is 0.495 e. The maximum Gasteiger partial charge on any atom is 0.416 e. The van der Waals surface area contributed by atoms with Gasteiger partial charge in [0.1, 0.15) is 5.75 Å². The smallest absolute Gasteiger partial charge is 0.416 e. The van der Waals surface area contributed by atoms with Crippen LogP contribution in [0.1, 0.15) is 30.9 Å². The quantitative estimate of drug-likeness (QED) is 0.909. The lowest BCUT2D eigenvalue weighted by Gasteiger charge is -2.24. The summed E-state index contributed by atoms with van der Waals surface area (Å²) in [5.74, 6) is 0.447. The molecule has 0 heterocycles. The van der Waals surface area contributed by atoms with Gasteiger partial charge in [-0.05, 0) is 47.8 Å². The molecule has 1 aromatic carbocycles. The minimum atomic E-state index is -4.38. The van der Waals surface area contributed by atoms with Crippen molar-refractivity contribution in [3.8, 4) is 5.75 Å². The van der Waals surface area contributed by atoms with Crippen LogP contribution in [0.3, 0.4) is 0 Å². The fraction of sp³-hybridized carbons (Fsp3) is 0.538. The number of benzene rings is 1. The summed E-state index contributed by atoms with van der Waals surface area (Å²) >= 11 is 3.15. The molecule has 2 nitrogen and oxygen atoms in total. The van der Waals surface area contributed by atoms with Crippen molar-refractivity contribution in [2.45, 2.75) is 37.4 Å². The van der Waals surface area contributed by atoms with E-state index in [2.05, 4.69) is 15.9 Å². The number of halogens is 4. The molecule has 0 bridgehead atoms. The summed E-state index contributed by atoms with van der Waals surface area (Å²) < 4.78 is 44.3. The molecule has 0 amide bonds. The van der Waals surface area contributed by atoms with E-state index in [-0.39, 0.29) is 6.04 Å². The molecule has 1 atom stereocenters. The maximum atomic E-state index is 12.9. The third-order valence-electron chi connectivity index (χ3n) is 3.77. The van der Waals surface area contributed by atoms with Gasteiger partial charge >= 0.3 is 6.18 Å². The highest BCUT2D eigenvalue weighted by molar-refractivity contribution is 9.10. The molecule has 1 unspecified atom stereocenters. The summed E-state index contributed by atoms with van der Waals surface area (Å²) in [5.41, 5.74) is 5.42. The van der Waals surface area contributed by atoms with Crippen LogP contribution in [-0.4, -0.2) is 13.2 Å². The van der Waals surface area contributed by atoms with Crippen LogP contribution in [-0.2, 0) is 11.6 Å². The fourth-order valence-corrected chi connectivity index (χ4v) is 3.06. The van der Waals surface area contributed by atoms with E-state index in [0.29, 0.717) is 15.8 Å². The molecule has 1 aromatic rings. The van der Waals surface area contributed by atoms with Crippen LogP contribution in [0.5, 0.6) is 5.75 Å². The van der Waals surface area contributed by atoms with Crippen molar-refractivity contribution in [3.05, 3.63) is 27.7 Å². The topological polar surface area (TPSA) is 35.2 Å². The number of alkyl halides is 3. The Bertz CT molecular complexity index is 495. The van der Waals surface area contributed by atoms with Crippen LogP contribution in [0.2, 0.25) is 0 Å². The van der Waals surface area contributed by atoms with Crippen molar-refractivity contribution < 1.29 is 17.9 Å². The lowest BCUT2D eigenvalue weighted by molar-refractivity contribution is -0.137. The number of hydrogen-bond donors (Lipinski definition) is 1. The average molecular weight is 338 g/mol. The van der Waals surface area contributed by atoms with Crippen LogP contribution in [0.25, 0.3) is 0 Å². The molecule has 19 heavy (non-hydrogen) atoms. The normalized spacial score (nSPS) is 19.1. The summed E-state index contributed by atoms with van der Waals surface area (Å²) in [4.78, 5) is 0. The van der Waals surface area contributed by atoms with Crippen molar-refractivity contribution in [2.75, 3.05) is 7.11 Å². The third kappa shape index (κ3) is 2.48. The SMILES string of the molecule is COc1c(Br)cc(C(F)(F)F)cc1C1(C(C)N)CC1. The molecule has 1 aliphatic carbocycles. The molecule has 2 rings (SSSR count). The molecular weight excluding hydrogens is 323 g/mol. The van der Waals surface area contributed by atoms with Gasteiger partial charge in [0.25, 0.3) is 0 Å². The molecule has 0 saturated heterocycles. The Balaban J connectivity index is 2.61. The number of nitrogens with two attached hydrogens (primary N) is 1. The molecule has 0 aromatic heterocycles. The van der Waals surface area contributed by atoms with Gasteiger partial charge in [0.15, 0.2) is 0 Å². The highest BCUT2D eigenvalue weighted by Gasteiger charge is 2.50. The number of methoxy groups -OCH3 is 1. The Morgan fingerprint density at radius 1 is 1.37 bits per heavy atom. The van der Waals surface area contributed by atoms with E-state index in [1.165, 1.54) is 13.2 Å². The second kappa shape index (κ2) is 4.66. The van der Waals surface area contributed by atoms with Gasteiger partial charge in [0.2, 0.25) is 0 Å². The van der Waals surface area contributed by atoms with Gasteiger partial charge < -0.3 is 10.5 Å². The van der Waals surface area contributed by atoms with Crippen molar-refractivity contribution in [2.24, 2.45) is 5.73 Å². The molecule has 6 heteroatoms. The van der Waals surface area contributed by atoms with Crippen LogP contribution in [0.4, 0.5) is 13.2 Å². The zero-order chi connectivity index (χ0) is 14.4. The standard InChI is InChI=1S/C13H15BrF3NO/c1-7(18)12(3-4-12)9-5-8(13(15,16)17)6-10(14)11(9)19-2/h5-7H,3-4,18H2,1-2H3. The molecular formula is C13H15BrF3NO. The zero-order valence-electron chi connectivity index (χ0n) is 10.6. The van der Waals surface area contributed by atoms with Gasteiger partial charge in [-0.15, -0.1) is 0 Å². The second-order valence-electron chi connectivity index (χ2n) is 4.98. The molecule has 106 valence electrons. The van der Waals surface area contributed by atoms with Gasteiger partial charge in [-0.2, -0.15) is 13.2 Å². The molecule has 1 aliphatic rings. The van der Waals surface area contributed by atoms with Gasteiger partial charge in [-0.25, -0.2) is 0 Å². The Hall–Kier alpha value is -0.750. The zero-order valence-corrected chi connectivity index (χ0v) is 12.2. The molecule has 0 aliphatic heterocycles. The van der Waals surface area contributed by atoms with E-state index in [0.717, 1.165) is 18.9 Å². The van der Waals surface area contributed by atoms with Crippen molar-refractivity contribution >= 4 is 15.9 Å². The summed E-state index contributed by atoms with van der Waals surface area (Å²) in [7, 11) is 1.45. The maximum absolute atomic E-state index is 12.9. The van der Waals surface area contributed by atoms with Gasteiger partial charge in [0.05, 0.1) is 17.1 Å². The van der Waals surface area contributed by atoms with E-state index in [1.807, 2.05) is 6.92 Å². The first-order valence-corrected chi connectivity index (χ1v) is 6.72. The van der Waals surface area contributed by atoms with E-state index in [4.69, 9.17) is 10.5 Å². The van der Waals surface area contributed by atoms with Gasteiger partial charge in [-0.3, -0.25) is 0 Å². The van der Waals surface area contributed by atoms with Crippen LogP contribution in [0.15, 0.2) is 16.6 Å². The summed E-state index contributed by atoms with van der Waals surface area (Å²) in [5, 5.41) is 0. The lowest BCUT2D eigenvalue weighted by atomic mass is 9.87. The third-order valence-corrected chi connectivity index (χ3v) is 4.36. The summed E-state index contributed by atoms with van der Waals surface area (Å²) in [6.45, 7) is 1.82. The van der Waals surface area contributed by atoms with Crippen molar-refractivity contribution in [3.63, 3.8) is 0 Å². The van der Waals surface area contributed by atoms with E-state index in [9.17, 15) is 13.2 Å². The van der Waals surface area contributed by atoms with Gasteiger partial charge in [0, 0.05) is 17.0 Å². The Morgan fingerprint density at radius 2 is 1.95 bits per heavy atom. The number of ether oxygens (including phenoxy) is 1. The van der Waals surface area contributed by atoms with Crippen molar-refractivity contribution in [1.29, 1.82) is 0 Å². The first kappa shape index (κ1) is 14.7. The average Bonchev–Trinajstić information content (AvgIpc) is 3.07. The van der Waals surface area contributed by atoms with E-state index < -0.39 is 17.2 Å². The lowest BCUT2D eigenvalue weighted by Crippen LogP contribution is -2.32. The Labute approximate surface area is 118 Å². The predicted molar refractivity (Wildman–Crippen MR) is 70.3 cm³/mol. The second-order valence-corrected chi connectivity index (χ2v) is 5.84. The molecule has 2 N–H and O–H groups in total. The van der Waals surface area contributed by atoms with Crippen LogP contribution >= 0.6 is 15.9 Å². The van der Waals surface area contributed by atoms with Gasteiger partial charge in [-0.1, -0.05) is 0 Å². The Morgan fingerprint density at radius 3 is 2.32 bits per heavy atom. The predicted octanol–water partition coefficient (Wildman–Crippen LogP) is 3.86. The minimum absolute atomic E-state index is 0.211. The van der Waals surface area contributed by atoms with Crippen molar-refractivity contribution in [1.82, 2.24) is 0 Å². The molecule has 0 spiro atoms. The minimum Gasteiger partial charge on any atom is -0.495 e. The van der Waals surface area contributed by atoms with Crippen LogP contribution < -0.4 is 10.5 Å².